The van der Waals surface area contributed by atoms with Crippen LogP contribution in [0.2, 0.25) is 0 Å². The van der Waals surface area contributed by atoms with Crippen LogP contribution in [0.3, 0.4) is 0 Å². The third-order valence-electron chi connectivity index (χ3n) is 5.70. The number of hydrogen-bond acceptors (Lipinski definition) is 5. The van der Waals surface area contributed by atoms with Crippen molar-refractivity contribution in [1.82, 2.24) is 10.1 Å². The van der Waals surface area contributed by atoms with Crippen molar-refractivity contribution >= 4 is 11.8 Å². The third kappa shape index (κ3) is 6.10. The smallest absolute Gasteiger partial charge is 0.232 e. The van der Waals surface area contributed by atoms with Gasteiger partial charge in [0.25, 0.3) is 0 Å². The van der Waals surface area contributed by atoms with Crippen molar-refractivity contribution < 1.29 is 14.1 Å². The Balaban J connectivity index is 1.97. The SMILES string of the molecule is CCN(CC)c1onc(-c2ccccc2)c1CN(C[C@@H]1CCCO1)C(=O)CC(C)(C)C. The van der Waals surface area contributed by atoms with Crippen molar-refractivity contribution in [3.63, 3.8) is 0 Å². The molecule has 31 heavy (non-hydrogen) atoms. The zero-order valence-electron chi connectivity index (χ0n) is 19.7. The van der Waals surface area contributed by atoms with E-state index >= 15 is 0 Å². The first kappa shape index (κ1) is 23.3. The topological polar surface area (TPSA) is 58.8 Å². The quantitative estimate of drug-likeness (QED) is 0.555. The normalized spacial score (nSPS) is 16.5. The molecule has 1 aromatic carbocycles. The minimum Gasteiger partial charge on any atom is -0.376 e. The zero-order chi connectivity index (χ0) is 22.4. The largest absolute Gasteiger partial charge is 0.376 e. The molecule has 1 amide bonds. The molecular weight excluding hydrogens is 390 g/mol. The van der Waals surface area contributed by atoms with E-state index in [1.807, 2.05) is 35.2 Å². The van der Waals surface area contributed by atoms with Crippen molar-refractivity contribution in [1.29, 1.82) is 0 Å². The molecule has 3 rings (SSSR count). The molecule has 0 N–H and O–H groups in total. The fourth-order valence-corrected chi connectivity index (χ4v) is 4.07. The fourth-order valence-electron chi connectivity index (χ4n) is 4.07. The summed E-state index contributed by atoms with van der Waals surface area (Å²) in [6.07, 6.45) is 2.64. The minimum atomic E-state index is -0.0789. The standard InChI is InChI=1S/C25H37N3O3/c1-6-27(7-2)24-21(23(26-31-24)19-12-9-8-10-13-19)18-28(17-20-14-11-15-30-20)22(29)16-25(3,4)5/h8-10,12-13,20H,6-7,11,14-18H2,1-5H3/t20-/m0/s1. The molecule has 0 radical (unpaired) electrons. The molecule has 0 bridgehead atoms. The van der Waals surface area contributed by atoms with Gasteiger partial charge in [0, 0.05) is 38.2 Å². The van der Waals surface area contributed by atoms with Gasteiger partial charge in [-0.25, -0.2) is 0 Å². The first-order valence-electron chi connectivity index (χ1n) is 11.5. The fraction of sp³-hybridized carbons (Fsp3) is 0.600. The highest BCUT2D eigenvalue weighted by Crippen LogP contribution is 2.33. The van der Waals surface area contributed by atoms with Crippen LogP contribution in [0.15, 0.2) is 34.9 Å². The molecule has 1 fully saturated rings. The van der Waals surface area contributed by atoms with Gasteiger partial charge in [0.2, 0.25) is 11.8 Å². The number of benzene rings is 1. The molecule has 6 heteroatoms. The van der Waals surface area contributed by atoms with Crippen molar-refractivity contribution in [3.8, 4) is 11.3 Å². The van der Waals surface area contributed by atoms with Crippen LogP contribution in [0.1, 0.15) is 59.4 Å². The van der Waals surface area contributed by atoms with Crippen molar-refractivity contribution in [2.75, 3.05) is 31.1 Å². The van der Waals surface area contributed by atoms with Crippen LogP contribution in [0.25, 0.3) is 11.3 Å². The Morgan fingerprint density at radius 1 is 1.16 bits per heavy atom. The van der Waals surface area contributed by atoms with Gasteiger partial charge in [0.1, 0.15) is 5.69 Å². The van der Waals surface area contributed by atoms with Crippen molar-refractivity contribution in [2.45, 2.75) is 66.5 Å². The summed E-state index contributed by atoms with van der Waals surface area (Å²) in [7, 11) is 0. The predicted octanol–water partition coefficient (Wildman–Crippen LogP) is 5.13. The lowest BCUT2D eigenvalue weighted by atomic mass is 9.91. The summed E-state index contributed by atoms with van der Waals surface area (Å²) in [5, 5.41) is 4.44. The number of carbonyl (C=O) groups excluding carboxylic acids is 1. The maximum atomic E-state index is 13.3. The van der Waals surface area contributed by atoms with E-state index in [0.29, 0.717) is 19.5 Å². The number of aromatic nitrogens is 1. The molecule has 0 saturated carbocycles. The van der Waals surface area contributed by atoms with E-state index in [1.54, 1.807) is 0 Å². The molecule has 1 aliphatic heterocycles. The van der Waals surface area contributed by atoms with E-state index < -0.39 is 0 Å². The number of hydrogen-bond donors (Lipinski definition) is 0. The van der Waals surface area contributed by atoms with E-state index in [0.717, 1.165) is 55.2 Å². The van der Waals surface area contributed by atoms with Crippen molar-refractivity contribution in [2.24, 2.45) is 5.41 Å². The average molecular weight is 428 g/mol. The number of amides is 1. The number of carbonyl (C=O) groups is 1. The first-order chi connectivity index (χ1) is 14.8. The van der Waals surface area contributed by atoms with Gasteiger partial charge in [-0.15, -0.1) is 0 Å². The molecule has 170 valence electrons. The Bertz CT molecular complexity index is 831. The van der Waals surface area contributed by atoms with E-state index in [2.05, 4.69) is 44.7 Å². The van der Waals surface area contributed by atoms with Gasteiger partial charge in [-0.1, -0.05) is 56.3 Å². The highest BCUT2D eigenvalue weighted by molar-refractivity contribution is 5.78. The lowest BCUT2D eigenvalue weighted by molar-refractivity contribution is -0.135. The van der Waals surface area contributed by atoms with Gasteiger partial charge in [0.05, 0.1) is 18.2 Å². The Hall–Kier alpha value is -2.34. The van der Waals surface area contributed by atoms with Gasteiger partial charge < -0.3 is 19.1 Å². The van der Waals surface area contributed by atoms with Crippen molar-refractivity contribution in [3.05, 3.63) is 35.9 Å². The van der Waals surface area contributed by atoms with Crippen LogP contribution in [0.5, 0.6) is 0 Å². The Morgan fingerprint density at radius 2 is 1.87 bits per heavy atom. The molecule has 0 unspecified atom stereocenters. The zero-order valence-corrected chi connectivity index (χ0v) is 19.7. The summed E-state index contributed by atoms with van der Waals surface area (Å²) in [6.45, 7) is 14.0. The van der Waals surface area contributed by atoms with Crippen LogP contribution >= 0.6 is 0 Å². The molecule has 1 aliphatic rings. The van der Waals surface area contributed by atoms with Gasteiger partial charge in [-0.3, -0.25) is 4.79 Å². The molecule has 0 aliphatic carbocycles. The van der Waals surface area contributed by atoms with Crippen LogP contribution in [-0.2, 0) is 16.1 Å². The summed E-state index contributed by atoms with van der Waals surface area (Å²) in [5.41, 5.74) is 2.70. The van der Waals surface area contributed by atoms with Crippen LogP contribution in [0, 0.1) is 5.41 Å². The monoisotopic (exact) mass is 427 g/mol. The van der Waals surface area contributed by atoms with Gasteiger partial charge in [-0.2, -0.15) is 0 Å². The summed E-state index contributed by atoms with van der Waals surface area (Å²) in [6, 6.07) is 10.1. The number of nitrogens with zero attached hydrogens (tertiary/aromatic N) is 3. The molecule has 1 atom stereocenters. The second-order valence-electron chi connectivity index (χ2n) is 9.50. The number of anilines is 1. The summed E-state index contributed by atoms with van der Waals surface area (Å²) in [5.74, 6) is 0.901. The summed E-state index contributed by atoms with van der Waals surface area (Å²) >= 11 is 0. The summed E-state index contributed by atoms with van der Waals surface area (Å²) < 4.78 is 11.7. The average Bonchev–Trinajstić information content (AvgIpc) is 3.38. The Kier molecular flexibility index (Phi) is 7.76. The highest BCUT2D eigenvalue weighted by Gasteiger charge is 2.29. The molecule has 0 spiro atoms. The first-order valence-corrected chi connectivity index (χ1v) is 11.5. The maximum Gasteiger partial charge on any atom is 0.232 e. The van der Waals surface area contributed by atoms with Crippen LogP contribution < -0.4 is 4.90 Å². The number of rotatable bonds is 9. The molecule has 1 saturated heterocycles. The van der Waals surface area contributed by atoms with E-state index in [1.165, 1.54) is 0 Å². The Morgan fingerprint density at radius 3 is 2.45 bits per heavy atom. The Labute approximate surface area is 186 Å². The predicted molar refractivity (Wildman–Crippen MR) is 124 cm³/mol. The highest BCUT2D eigenvalue weighted by atomic mass is 16.5. The van der Waals surface area contributed by atoms with Crippen LogP contribution in [0.4, 0.5) is 5.88 Å². The molecular formula is C25H37N3O3. The second-order valence-corrected chi connectivity index (χ2v) is 9.50. The lowest BCUT2D eigenvalue weighted by Crippen LogP contribution is -2.39. The molecule has 2 heterocycles. The third-order valence-corrected chi connectivity index (χ3v) is 5.70. The molecule has 1 aromatic heterocycles. The number of ether oxygens (including phenoxy) is 1. The van der Waals surface area contributed by atoms with E-state index in [-0.39, 0.29) is 17.4 Å². The lowest BCUT2D eigenvalue weighted by Gasteiger charge is -2.29. The van der Waals surface area contributed by atoms with Gasteiger partial charge in [0.15, 0.2) is 0 Å². The minimum absolute atomic E-state index is 0.0789. The maximum absolute atomic E-state index is 13.3. The van der Waals surface area contributed by atoms with E-state index in [9.17, 15) is 4.79 Å². The van der Waals surface area contributed by atoms with Gasteiger partial charge >= 0.3 is 0 Å². The van der Waals surface area contributed by atoms with E-state index in [4.69, 9.17) is 9.26 Å². The molecule has 6 nitrogen and oxygen atoms in total. The van der Waals surface area contributed by atoms with Crippen LogP contribution in [-0.4, -0.2) is 48.3 Å². The van der Waals surface area contributed by atoms with Gasteiger partial charge in [-0.05, 0) is 32.1 Å². The molecule has 2 aromatic rings. The second kappa shape index (κ2) is 10.3. The summed E-state index contributed by atoms with van der Waals surface area (Å²) in [4.78, 5) is 17.5.